The molecule has 7 heteroatoms. The number of anilines is 1. The van der Waals surface area contributed by atoms with Crippen LogP contribution < -0.4 is 10.6 Å². The molecule has 1 aliphatic heterocycles. The largest absolute Gasteiger partial charge is 0.354 e. The van der Waals surface area contributed by atoms with E-state index in [0.717, 1.165) is 19.0 Å². The van der Waals surface area contributed by atoms with Crippen molar-refractivity contribution in [3.05, 3.63) is 11.1 Å². The first kappa shape index (κ1) is 19.8. The Bertz CT molecular complexity index is 579. The third-order valence-electron chi connectivity index (χ3n) is 4.68. The van der Waals surface area contributed by atoms with Gasteiger partial charge in [-0.05, 0) is 38.8 Å². The van der Waals surface area contributed by atoms with Gasteiger partial charge in [-0.3, -0.25) is 14.5 Å². The lowest BCUT2D eigenvalue weighted by Crippen LogP contribution is -2.45. The molecular formula is C18H30N4O2S. The molecule has 0 unspecified atom stereocenters. The van der Waals surface area contributed by atoms with Crippen molar-refractivity contribution in [1.29, 1.82) is 0 Å². The second-order valence-corrected chi connectivity index (χ2v) is 8.19. The van der Waals surface area contributed by atoms with Gasteiger partial charge in [0.1, 0.15) is 0 Å². The molecule has 2 amide bonds. The Labute approximate surface area is 154 Å². The van der Waals surface area contributed by atoms with Crippen LogP contribution in [0.5, 0.6) is 0 Å². The van der Waals surface area contributed by atoms with Gasteiger partial charge < -0.3 is 10.6 Å². The Morgan fingerprint density at radius 3 is 2.64 bits per heavy atom. The molecule has 1 aromatic heterocycles. The summed E-state index contributed by atoms with van der Waals surface area (Å²) in [4.78, 5) is 30.6. The Hall–Kier alpha value is -1.47. The fraction of sp³-hybridized carbons (Fsp3) is 0.722. The van der Waals surface area contributed by atoms with E-state index in [4.69, 9.17) is 0 Å². The molecule has 1 aliphatic rings. The van der Waals surface area contributed by atoms with Crippen molar-refractivity contribution in [2.45, 2.75) is 53.0 Å². The molecular weight excluding hydrogens is 336 g/mol. The molecule has 0 aromatic carbocycles. The molecule has 2 rings (SSSR count). The fourth-order valence-electron chi connectivity index (χ4n) is 2.78. The average Bonchev–Trinajstić information content (AvgIpc) is 3.00. The summed E-state index contributed by atoms with van der Waals surface area (Å²) in [5.41, 5.74) is 0.695. The van der Waals surface area contributed by atoms with Crippen LogP contribution in [-0.4, -0.2) is 47.4 Å². The molecule has 2 N–H and O–H groups in total. The van der Waals surface area contributed by atoms with E-state index in [-0.39, 0.29) is 24.2 Å². The van der Waals surface area contributed by atoms with Crippen molar-refractivity contribution in [2.75, 3.05) is 25.0 Å². The van der Waals surface area contributed by atoms with E-state index in [1.807, 2.05) is 19.2 Å². The minimum absolute atomic E-state index is 0.0238. The number of aromatic nitrogens is 1. The zero-order valence-electron chi connectivity index (χ0n) is 15.7. The number of carbonyl (C=O) groups is 2. The molecule has 1 aromatic rings. The highest BCUT2D eigenvalue weighted by molar-refractivity contribution is 7.13. The van der Waals surface area contributed by atoms with E-state index < -0.39 is 0 Å². The number of amides is 2. The van der Waals surface area contributed by atoms with Gasteiger partial charge in [0.05, 0.1) is 12.1 Å². The number of nitrogens with zero attached hydrogens (tertiary/aromatic N) is 2. The maximum absolute atomic E-state index is 12.1. The summed E-state index contributed by atoms with van der Waals surface area (Å²) >= 11 is 1.35. The Kier molecular flexibility index (Phi) is 7.38. The first-order valence-electron chi connectivity index (χ1n) is 9.11. The lowest BCUT2D eigenvalue weighted by molar-refractivity contribution is -0.121. The van der Waals surface area contributed by atoms with Gasteiger partial charge in [-0.25, -0.2) is 4.98 Å². The summed E-state index contributed by atoms with van der Waals surface area (Å²) in [5, 5.41) is 8.14. The molecule has 2 heterocycles. The molecule has 1 fully saturated rings. The topological polar surface area (TPSA) is 74.3 Å². The highest BCUT2D eigenvalue weighted by Gasteiger charge is 2.20. The van der Waals surface area contributed by atoms with Gasteiger partial charge in [0, 0.05) is 23.9 Å². The first-order valence-corrected chi connectivity index (χ1v) is 9.99. The highest BCUT2D eigenvalue weighted by Crippen LogP contribution is 2.18. The number of piperidine rings is 1. The van der Waals surface area contributed by atoms with Crippen molar-refractivity contribution in [1.82, 2.24) is 15.2 Å². The van der Waals surface area contributed by atoms with Crippen LogP contribution in [0.3, 0.4) is 0 Å². The van der Waals surface area contributed by atoms with E-state index in [1.54, 1.807) is 0 Å². The number of rotatable bonds is 7. The van der Waals surface area contributed by atoms with Gasteiger partial charge in [0.2, 0.25) is 11.8 Å². The molecule has 1 saturated heterocycles. The van der Waals surface area contributed by atoms with Gasteiger partial charge in [-0.1, -0.05) is 20.8 Å². The van der Waals surface area contributed by atoms with Crippen LogP contribution in [0, 0.1) is 11.8 Å². The van der Waals surface area contributed by atoms with E-state index >= 15 is 0 Å². The van der Waals surface area contributed by atoms with E-state index in [9.17, 15) is 9.59 Å². The maximum Gasteiger partial charge on any atom is 0.228 e. The molecule has 0 aliphatic carbocycles. The number of hydrogen-bond acceptors (Lipinski definition) is 5. The third kappa shape index (κ3) is 6.40. The average molecular weight is 367 g/mol. The molecule has 0 radical (unpaired) electrons. The summed E-state index contributed by atoms with van der Waals surface area (Å²) in [7, 11) is 0. The fourth-order valence-corrected chi connectivity index (χ4v) is 3.50. The molecule has 1 atom stereocenters. The van der Waals surface area contributed by atoms with Gasteiger partial charge >= 0.3 is 0 Å². The Balaban J connectivity index is 1.73. The quantitative estimate of drug-likeness (QED) is 0.778. The molecule has 0 bridgehead atoms. The van der Waals surface area contributed by atoms with E-state index in [1.165, 1.54) is 24.2 Å². The first-order chi connectivity index (χ1) is 11.8. The molecule has 0 saturated carbocycles. The van der Waals surface area contributed by atoms with Gasteiger partial charge in [0.25, 0.3) is 0 Å². The van der Waals surface area contributed by atoms with Crippen LogP contribution >= 0.6 is 11.3 Å². The van der Waals surface area contributed by atoms with Crippen LogP contribution in [0.1, 0.15) is 46.2 Å². The molecule has 140 valence electrons. The van der Waals surface area contributed by atoms with Crippen molar-refractivity contribution in [2.24, 2.45) is 11.8 Å². The molecule has 25 heavy (non-hydrogen) atoms. The van der Waals surface area contributed by atoms with Gasteiger partial charge in [0.15, 0.2) is 5.13 Å². The smallest absolute Gasteiger partial charge is 0.228 e. The van der Waals surface area contributed by atoms with Crippen molar-refractivity contribution >= 4 is 28.3 Å². The Morgan fingerprint density at radius 2 is 2.00 bits per heavy atom. The number of hydrogen-bond donors (Lipinski definition) is 2. The number of nitrogens with one attached hydrogen (secondary N) is 2. The minimum Gasteiger partial charge on any atom is -0.354 e. The monoisotopic (exact) mass is 366 g/mol. The van der Waals surface area contributed by atoms with Crippen molar-refractivity contribution in [3.63, 3.8) is 0 Å². The lowest BCUT2D eigenvalue weighted by Gasteiger charge is -2.35. The third-order valence-corrected chi connectivity index (χ3v) is 5.49. The Morgan fingerprint density at radius 1 is 1.32 bits per heavy atom. The summed E-state index contributed by atoms with van der Waals surface area (Å²) < 4.78 is 0. The zero-order valence-corrected chi connectivity index (χ0v) is 16.5. The van der Waals surface area contributed by atoms with Crippen LogP contribution in [0.2, 0.25) is 0 Å². The van der Waals surface area contributed by atoms with Crippen LogP contribution in [0.15, 0.2) is 5.38 Å². The predicted molar refractivity (Wildman–Crippen MR) is 102 cm³/mol. The van der Waals surface area contributed by atoms with Crippen LogP contribution in [0.25, 0.3) is 0 Å². The number of carbonyl (C=O) groups excluding carboxylic acids is 2. The zero-order chi connectivity index (χ0) is 18.4. The normalized spacial score (nSPS) is 17.5. The minimum atomic E-state index is -0.0880. The summed E-state index contributed by atoms with van der Waals surface area (Å²) in [6.45, 7) is 11.0. The standard InChI is InChI=1S/C18H30N4O2S/c1-12(2)17(24)21-18-20-15(11-25-18)9-16(23)19-10-14(4)22-7-5-13(3)6-8-22/h11-14H,5-10H2,1-4H3,(H,19,23)(H,20,21,24)/t14-/m1/s1. The second kappa shape index (κ2) is 9.29. The predicted octanol–water partition coefficient (Wildman–Crippen LogP) is 2.52. The lowest BCUT2D eigenvalue weighted by atomic mass is 9.98. The van der Waals surface area contributed by atoms with E-state index in [2.05, 4.69) is 34.4 Å². The highest BCUT2D eigenvalue weighted by atomic mass is 32.1. The van der Waals surface area contributed by atoms with Crippen molar-refractivity contribution in [3.8, 4) is 0 Å². The summed E-state index contributed by atoms with van der Waals surface area (Å²) in [6, 6.07) is 0.354. The maximum atomic E-state index is 12.1. The second-order valence-electron chi connectivity index (χ2n) is 7.34. The van der Waals surface area contributed by atoms with Crippen molar-refractivity contribution < 1.29 is 9.59 Å². The number of likely N-dealkylation sites (tertiary alicyclic amines) is 1. The van der Waals surface area contributed by atoms with Crippen LogP contribution in [-0.2, 0) is 16.0 Å². The summed E-state index contributed by atoms with van der Waals surface area (Å²) in [6.07, 6.45) is 2.72. The van der Waals surface area contributed by atoms with E-state index in [0.29, 0.717) is 23.4 Å². The SMILES string of the molecule is CC1CCN([C@H](C)CNC(=O)Cc2csc(NC(=O)C(C)C)n2)CC1. The van der Waals surface area contributed by atoms with Gasteiger partial charge in [-0.15, -0.1) is 11.3 Å². The summed E-state index contributed by atoms with van der Waals surface area (Å²) in [5.74, 6) is 0.641. The van der Waals surface area contributed by atoms with Crippen LogP contribution in [0.4, 0.5) is 5.13 Å². The number of thiazole rings is 1. The molecule has 6 nitrogen and oxygen atoms in total. The van der Waals surface area contributed by atoms with Gasteiger partial charge in [-0.2, -0.15) is 0 Å². The molecule has 0 spiro atoms.